The normalized spacial score (nSPS) is 13.4. The van der Waals surface area contributed by atoms with Gasteiger partial charge in [-0.2, -0.15) is 0 Å². The molecule has 0 atom stereocenters. The van der Waals surface area contributed by atoms with Gasteiger partial charge in [0, 0.05) is 0 Å². The quantitative estimate of drug-likeness (QED) is 0.697. The lowest BCUT2D eigenvalue weighted by Crippen LogP contribution is -2.20. The predicted octanol–water partition coefficient (Wildman–Crippen LogP) is 5.16. The summed E-state index contributed by atoms with van der Waals surface area (Å²) in [6, 6.07) is 4.05. The lowest BCUT2D eigenvalue weighted by Gasteiger charge is -2.46. The maximum atomic E-state index is 12.9. The summed E-state index contributed by atoms with van der Waals surface area (Å²) in [6.07, 6.45) is 0. The Morgan fingerprint density at radius 1 is 0.750 bits per heavy atom. The first-order chi connectivity index (χ1) is 8.73. The highest BCUT2D eigenvalue weighted by molar-refractivity contribution is 5.71. The number of nitrogens with zero attached hydrogens (tertiary/aromatic N) is 1. The minimum atomic E-state index is -0.254. The summed E-state index contributed by atoms with van der Waals surface area (Å²) in [5, 5.41) is 17.6. The van der Waals surface area contributed by atoms with E-state index in [0.29, 0.717) is 5.69 Å². The van der Waals surface area contributed by atoms with Gasteiger partial charge in [-0.3, -0.25) is 0 Å². The molecule has 0 N–H and O–H groups in total. The molecule has 0 unspecified atom stereocenters. The number of hydrogen-bond donors (Lipinski definition) is 0. The van der Waals surface area contributed by atoms with Crippen molar-refractivity contribution in [3.63, 3.8) is 0 Å². The van der Waals surface area contributed by atoms with E-state index < -0.39 is 0 Å². The Balaban J connectivity index is 3.55. The van der Waals surface area contributed by atoms with Gasteiger partial charge in [-0.1, -0.05) is 85.6 Å². The van der Waals surface area contributed by atoms with Crippen LogP contribution in [0.25, 0.3) is 5.32 Å². The van der Waals surface area contributed by atoms with Crippen molar-refractivity contribution in [3.05, 3.63) is 28.6 Å². The summed E-state index contributed by atoms with van der Waals surface area (Å²) in [4.78, 5) is 0. The zero-order chi connectivity index (χ0) is 15.9. The molecule has 2 heteroatoms. The fraction of sp³-hybridized carbons (Fsp3) is 0.667. The average Bonchev–Trinajstić information content (AvgIpc) is 2.15. The first kappa shape index (κ1) is 16.9. The maximum Gasteiger partial charge on any atom is -0.0138 e. The summed E-state index contributed by atoms with van der Waals surface area (Å²) in [5.41, 5.74) is 2.02. The van der Waals surface area contributed by atoms with E-state index in [0.717, 1.165) is 11.1 Å². The molecule has 114 valence electrons. The zero-order valence-electron chi connectivity index (χ0n) is 14.5. The van der Waals surface area contributed by atoms with Crippen molar-refractivity contribution in [1.29, 1.82) is 0 Å². The molecule has 0 aromatic heterocycles. The van der Waals surface area contributed by atoms with Crippen molar-refractivity contribution in [2.75, 3.05) is 0 Å². The second kappa shape index (κ2) is 4.98. The molecule has 0 radical (unpaired) electrons. The van der Waals surface area contributed by atoms with Crippen LogP contribution in [-0.4, -0.2) is 5.54 Å². The van der Waals surface area contributed by atoms with E-state index in [1.807, 2.05) is 26.8 Å². The predicted molar refractivity (Wildman–Crippen MR) is 86.1 cm³/mol. The third-order valence-corrected chi connectivity index (χ3v) is 3.19. The molecule has 0 heterocycles. The zero-order valence-corrected chi connectivity index (χ0v) is 14.5. The fourth-order valence-corrected chi connectivity index (χ4v) is 2.21. The van der Waals surface area contributed by atoms with Crippen LogP contribution in [0, 0.1) is 0 Å². The summed E-state index contributed by atoms with van der Waals surface area (Å²) >= 11 is 0. The first-order valence-corrected chi connectivity index (χ1v) is 7.31. The van der Waals surface area contributed by atoms with Gasteiger partial charge in [-0.05, 0) is 10.8 Å². The van der Waals surface area contributed by atoms with E-state index in [2.05, 4.69) is 47.6 Å². The molecule has 0 aliphatic heterocycles. The molecule has 0 aliphatic rings. The molecule has 2 nitrogen and oxygen atoms in total. The van der Waals surface area contributed by atoms with Crippen molar-refractivity contribution in [3.8, 4) is 5.75 Å². The topological polar surface area (TPSA) is 37.2 Å². The Bertz CT molecular complexity index is 482. The molecular formula is C18H29NO-2. The second-order valence-electron chi connectivity index (χ2n) is 8.62. The molecule has 0 fully saturated rings. The van der Waals surface area contributed by atoms with E-state index in [1.54, 1.807) is 0 Å². The molecule has 0 spiro atoms. The number of hydrogen-bond acceptors (Lipinski definition) is 1. The van der Waals surface area contributed by atoms with Crippen LogP contribution in [0.3, 0.4) is 0 Å². The van der Waals surface area contributed by atoms with Crippen molar-refractivity contribution in [1.82, 2.24) is 0 Å². The van der Waals surface area contributed by atoms with Crippen LogP contribution in [0.2, 0.25) is 0 Å². The molecule has 0 saturated heterocycles. The molecule has 0 aliphatic carbocycles. The molecule has 1 aromatic rings. The minimum absolute atomic E-state index is 0.0832. The van der Waals surface area contributed by atoms with Gasteiger partial charge in [0.15, 0.2) is 0 Å². The van der Waals surface area contributed by atoms with E-state index >= 15 is 0 Å². The van der Waals surface area contributed by atoms with Gasteiger partial charge in [0.05, 0.1) is 0 Å². The van der Waals surface area contributed by atoms with Crippen molar-refractivity contribution in [2.24, 2.45) is 0 Å². The van der Waals surface area contributed by atoms with Gasteiger partial charge in [0.2, 0.25) is 0 Å². The number of rotatable bonds is 1. The molecule has 1 aromatic carbocycles. The van der Waals surface area contributed by atoms with Crippen LogP contribution < -0.4 is 5.11 Å². The van der Waals surface area contributed by atoms with Gasteiger partial charge >= 0.3 is 0 Å². The smallest absolute Gasteiger partial charge is 0.0138 e. The largest absolute Gasteiger partial charge is 0.873 e. The Morgan fingerprint density at radius 3 is 1.50 bits per heavy atom. The monoisotopic (exact) mass is 275 g/mol. The Hall–Kier alpha value is -1.18. The number of benzene rings is 1. The molecule has 0 amide bonds. The van der Waals surface area contributed by atoms with Gasteiger partial charge in [0.25, 0.3) is 0 Å². The standard InChI is InChI=1S/C18H30NO/c1-16(2,3)12-10-11-13(17(4,5)6)15(20)14(12)19-18(7,8)9/h10-11,20H,1-9H3/q-1/p-1. The van der Waals surface area contributed by atoms with Gasteiger partial charge < -0.3 is 10.4 Å². The lowest BCUT2D eigenvalue weighted by atomic mass is 9.80. The van der Waals surface area contributed by atoms with E-state index in [4.69, 9.17) is 5.32 Å². The van der Waals surface area contributed by atoms with Crippen molar-refractivity contribution >= 4 is 5.69 Å². The molecule has 1 rings (SSSR count). The first-order valence-electron chi connectivity index (χ1n) is 7.31. The highest BCUT2D eigenvalue weighted by Gasteiger charge is 2.20. The van der Waals surface area contributed by atoms with E-state index in [-0.39, 0.29) is 22.1 Å². The Labute approximate surface area is 124 Å². The minimum Gasteiger partial charge on any atom is -0.873 e. The van der Waals surface area contributed by atoms with Crippen LogP contribution in [0.15, 0.2) is 12.1 Å². The van der Waals surface area contributed by atoms with Gasteiger partial charge in [0.1, 0.15) is 0 Å². The maximum absolute atomic E-state index is 12.9. The third kappa shape index (κ3) is 3.91. The summed E-state index contributed by atoms with van der Waals surface area (Å²) in [6.45, 7) is 18.7. The lowest BCUT2D eigenvalue weighted by molar-refractivity contribution is -0.268. The molecule has 0 bridgehead atoms. The summed E-state index contributed by atoms with van der Waals surface area (Å²) < 4.78 is 0. The van der Waals surface area contributed by atoms with Crippen LogP contribution in [-0.2, 0) is 10.8 Å². The highest BCUT2D eigenvalue weighted by atomic mass is 16.3. The highest BCUT2D eigenvalue weighted by Crippen LogP contribution is 2.46. The van der Waals surface area contributed by atoms with Crippen LogP contribution in [0.4, 0.5) is 5.69 Å². The van der Waals surface area contributed by atoms with Crippen molar-refractivity contribution in [2.45, 2.75) is 78.7 Å². The van der Waals surface area contributed by atoms with Crippen LogP contribution in [0.5, 0.6) is 5.75 Å². The second-order valence-corrected chi connectivity index (χ2v) is 8.62. The molecule has 20 heavy (non-hydrogen) atoms. The van der Waals surface area contributed by atoms with Gasteiger partial charge in [-0.25, -0.2) is 0 Å². The van der Waals surface area contributed by atoms with Gasteiger partial charge in [-0.15, -0.1) is 17.0 Å². The van der Waals surface area contributed by atoms with Crippen LogP contribution >= 0.6 is 0 Å². The van der Waals surface area contributed by atoms with E-state index in [1.165, 1.54) is 0 Å². The molecule has 0 saturated carbocycles. The average molecular weight is 275 g/mol. The van der Waals surface area contributed by atoms with Crippen LogP contribution in [0.1, 0.15) is 73.4 Å². The third-order valence-electron chi connectivity index (χ3n) is 3.19. The SMILES string of the molecule is CC(C)(C)[N-]c1c(C(C)(C)C)ccc(C(C)(C)C)c1[O-]. The summed E-state index contributed by atoms with van der Waals surface area (Å²) in [7, 11) is 0. The fourth-order valence-electron chi connectivity index (χ4n) is 2.21. The Morgan fingerprint density at radius 2 is 1.15 bits per heavy atom. The Kier molecular flexibility index (Phi) is 4.20. The summed E-state index contributed by atoms with van der Waals surface area (Å²) in [5.74, 6) is 0.0832. The van der Waals surface area contributed by atoms with Crippen molar-refractivity contribution < 1.29 is 5.11 Å². The van der Waals surface area contributed by atoms with E-state index in [9.17, 15) is 5.11 Å². The molecular weight excluding hydrogens is 246 g/mol.